The van der Waals surface area contributed by atoms with Gasteiger partial charge in [-0.25, -0.2) is 4.79 Å². The third-order valence-corrected chi connectivity index (χ3v) is 1.84. The Morgan fingerprint density at radius 3 is 2.05 bits per heavy atom. The molecule has 0 aromatic heterocycles. The van der Waals surface area contributed by atoms with Crippen molar-refractivity contribution in [2.45, 2.75) is 47.6 Å². The first-order valence-electron chi connectivity index (χ1n) is 9.99. The summed E-state index contributed by atoms with van der Waals surface area (Å²) in [5.41, 5.74) is 0.193. The predicted molar refractivity (Wildman–Crippen MR) is 89.5 cm³/mol. The van der Waals surface area contributed by atoms with Gasteiger partial charge in [0, 0.05) is 19.8 Å². The van der Waals surface area contributed by atoms with Gasteiger partial charge in [-0.3, -0.25) is 0 Å². The molecule has 0 aliphatic carbocycles. The summed E-state index contributed by atoms with van der Waals surface area (Å²) in [7, 11) is -4.02. The van der Waals surface area contributed by atoms with Crippen LogP contribution in [0.2, 0.25) is 0 Å². The summed E-state index contributed by atoms with van der Waals surface area (Å²) in [5.74, 6) is -0.425. The number of hydrogen-bond donors (Lipinski definition) is 2. The van der Waals surface area contributed by atoms with E-state index in [2.05, 4.69) is 0 Å². The van der Waals surface area contributed by atoms with Crippen LogP contribution in [0.3, 0.4) is 0 Å². The van der Waals surface area contributed by atoms with E-state index in [1.54, 1.807) is 20.8 Å². The van der Waals surface area contributed by atoms with E-state index in [-0.39, 0.29) is 8.41 Å². The van der Waals surface area contributed by atoms with Gasteiger partial charge in [0.2, 0.25) is 0 Å². The lowest BCUT2D eigenvalue weighted by molar-refractivity contribution is 0.00695. The van der Waals surface area contributed by atoms with Crippen molar-refractivity contribution in [2.24, 2.45) is 0 Å². The summed E-state index contributed by atoms with van der Waals surface area (Å²) in [6.45, 7) is 9.37. The molecule has 0 fully saturated rings. The molecule has 4 nitrogen and oxygen atoms in total. The maximum absolute atomic E-state index is 11.6. The van der Waals surface area contributed by atoms with Crippen molar-refractivity contribution in [3.05, 3.63) is 29.8 Å². The van der Waals surface area contributed by atoms with E-state index in [1.165, 1.54) is 24.3 Å². The second kappa shape index (κ2) is 10.5. The van der Waals surface area contributed by atoms with E-state index >= 15 is 0 Å². The van der Waals surface area contributed by atoms with Crippen LogP contribution >= 0.6 is 0 Å². The van der Waals surface area contributed by atoms with Gasteiger partial charge in [-0.05, 0) is 38.4 Å². The van der Waals surface area contributed by atoms with Crippen LogP contribution in [0.25, 0.3) is 0 Å². The zero-order valence-corrected chi connectivity index (χ0v) is 12.7. The molecule has 0 aliphatic heterocycles. The van der Waals surface area contributed by atoms with Crippen LogP contribution in [0.15, 0.2) is 24.3 Å². The molecule has 115 valence electrons. The number of rotatable bonds is 2. The number of carbonyl (C=O) groups is 1. The molecule has 0 unspecified atom stereocenters. The zero-order valence-electron chi connectivity index (χ0n) is 20.7. The van der Waals surface area contributed by atoms with E-state index < -0.39 is 26.0 Å². The van der Waals surface area contributed by atoms with E-state index in [0.29, 0.717) is 11.0 Å². The van der Waals surface area contributed by atoms with Crippen LogP contribution in [-0.2, 0) is 4.74 Å². The highest BCUT2D eigenvalue weighted by Crippen LogP contribution is 2.11. The van der Waals surface area contributed by atoms with Crippen LogP contribution in [-0.4, -0.2) is 37.1 Å². The molecule has 1 rings (SSSR count). The molecule has 0 saturated heterocycles. The van der Waals surface area contributed by atoms with Gasteiger partial charge >= 0.3 is 13.1 Å². The van der Waals surface area contributed by atoms with Gasteiger partial charge in [-0.2, -0.15) is 0 Å². The Balaban J connectivity index is -0.000000124. The minimum absolute atomic E-state index is 0. The van der Waals surface area contributed by atoms with Crippen LogP contribution in [0.5, 0.6) is 0 Å². The van der Waals surface area contributed by atoms with E-state index in [1.807, 2.05) is 13.8 Å². The highest BCUT2D eigenvalue weighted by Gasteiger charge is 2.18. The van der Waals surface area contributed by atoms with E-state index in [9.17, 15) is 4.79 Å². The smallest absolute Gasteiger partial charge is 0.456 e. The molecule has 0 heterocycles. The van der Waals surface area contributed by atoms with Crippen molar-refractivity contribution in [2.75, 3.05) is 0 Å². The zero-order chi connectivity index (χ0) is 22.8. The molecule has 2 N–H and O–H groups in total. The van der Waals surface area contributed by atoms with Crippen LogP contribution < -0.4 is 5.46 Å². The van der Waals surface area contributed by atoms with Gasteiger partial charge in [-0.15, -0.1) is 0 Å². The van der Waals surface area contributed by atoms with Crippen molar-refractivity contribution in [1.29, 1.82) is 0 Å². The average Bonchev–Trinajstić information content (AvgIpc) is 2.57. The van der Waals surface area contributed by atoms with Gasteiger partial charge in [-0.1, -0.05) is 33.3 Å². The molecule has 0 aliphatic rings. The Bertz CT molecular complexity index is 460. The van der Waals surface area contributed by atoms with Crippen molar-refractivity contribution >= 4 is 27.0 Å². The molecule has 0 spiro atoms. The van der Waals surface area contributed by atoms with E-state index in [4.69, 9.17) is 26.2 Å². The Morgan fingerprint density at radius 2 is 1.75 bits per heavy atom. The van der Waals surface area contributed by atoms with Gasteiger partial charge in [0.05, 0.1) is 5.56 Å². The Labute approximate surface area is 136 Å². The fourth-order valence-electron chi connectivity index (χ4n) is 1.13. The summed E-state index contributed by atoms with van der Waals surface area (Å²) in [5, 5.41) is 17.8. The molecule has 20 heavy (non-hydrogen) atoms. The fourth-order valence-corrected chi connectivity index (χ4v) is 1.13. The quantitative estimate of drug-likeness (QED) is 0.647. The second-order valence-electron chi connectivity index (χ2n) is 4.50. The lowest BCUT2D eigenvalue weighted by Crippen LogP contribution is -2.30. The SMILES string of the molecule is CC.CC(C)(C)OC(=O)c1ccc(B(O)O)cc1.[2H]C([2H])([2H])[2H].[2H][2H].[2H][2H].[B]. The minimum Gasteiger partial charge on any atom is -0.456 e. The van der Waals surface area contributed by atoms with Crippen LogP contribution in [0.1, 0.15) is 63.7 Å². The topological polar surface area (TPSA) is 66.8 Å². The maximum atomic E-state index is 11.6. The predicted octanol–water partition coefficient (Wildman–Crippen LogP) is 2.10. The summed E-state index contributed by atoms with van der Waals surface area (Å²) in [6, 6.07) is 5.96. The first kappa shape index (κ1) is 12.5. The molecule has 0 bridgehead atoms. The monoisotopic (exact) mass is 291 g/mol. The summed E-state index contributed by atoms with van der Waals surface area (Å²) < 4.78 is 48.9. The number of carbonyl (C=O) groups excluding carboxylic acids is 1. The van der Waals surface area contributed by atoms with Crippen molar-refractivity contribution in [1.82, 2.24) is 0 Å². The number of ether oxygens (including phenoxy) is 1. The normalized spacial score (nSPS) is 13.2. The minimum atomic E-state index is -2.50. The highest BCUT2D eigenvalue weighted by atomic mass is 16.6. The standard InChI is InChI=1S/C11H15BO4.C2H6.CH4.B.2H2/c1-11(2,3)16-10(13)8-4-6-9(7-5-8)12(14)15;1-2;;;;/h4-7,14-15H,1-3H3;1-2H3;1H4;;2*1H/i;;1D4;;2*1+1D. The Hall–Kier alpha value is -1.26. The third kappa shape index (κ3) is 8.77. The molecular weight excluding hydrogens is 254 g/mol. The fraction of sp³-hybridized carbons (Fsp3) is 0.500. The second-order valence-corrected chi connectivity index (χ2v) is 4.50. The molecule has 3 radical (unpaired) electrons. The van der Waals surface area contributed by atoms with Crippen molar-refractivity contribution in [3.8, 4) is 0 Å². The summed E-state index contributed by atoms with van der Waals surface area (Å²) >= 11 is 0. The first-order valence-corrected chi connectivity index (χ1v) is 5.99. The van der Waals surface area contributed by atoms with Gasteiger partial charge in [0.25, 0.3) is 0 Å². The maximum Gasteiger partial charge on any atom is 0.488 e. The first-order chi connectivity index (χ1) is 12.3. The number of hydrogen-bond acceptors (Lipinski definition) is 4. The third-order valence-electron chi connectivity index (χ3n) is 1.84. The molecular formula is C14H29B2O4. The van der Waals surface area contributed by atoms with Crippen LogP contribution in [0.4, 0.5) is 0 Å². The molecule has 0 atom stereocenters. The van der Waals surface area contributed by atoms with Gasteiger partial charge < -0.3 is 14.8 Å². The molecule has 1 aromatic rings. The summed E-state index contributed by atoms with van der Waals surface area (Å²) in [4.78, 5) is 11.6. The lowest BCUT2D eigenvalue weighted by atomic mass is 9.80. The van der Waals surface area contributed by atoms with Crippen molar-refractivity contribution in [3.63, 3.8) is 0 Å². The molecule has 0 saturated carbocycles. The van der Waals surface area contributed by atoms with Crippen LogP contribution in [0, 0.1) is 0 Å². The number of benzene rings is 1. The van der Waals surface area contributed by atoms with Crippen molar-refractivity contribution < 1.29 is 31.0 Å². The highest BCUT2D eigenvalue weighted by molar-refractivity contribution is 6.58. The molecule has 1 aromatic carbocycles. The number of esters is 1. The lowest BCUT2D eigenvalue weighted by Gasteiger charge is -2.19. The van der Waals surface area contributed by atoms with E-state index in [0.717, 1.165) is 0 Å². The Kier molecular flexibility index (Phi) is 6.56. The average molecular weight is 291 g/mol. The van der Waals surface area contributed by atoms with Gasteiger partial charge in [0.1, 0.15) is 5.60 Å². The Morgan fingerprint density at radius 1 is 1.35 bits per heavy atom. The van der Waals surface area contributed by atoms with Gasteiger partial charge in [0.15, 0.2) is 0 Å². The molecule has 0 amide bonds. The summed E-state index contributed by atoms with van der Waals surface area (Å²) in [6.07, 6.45) is 0. The molecule has 6 heteroatoms. The largest absolute Gasteiger partial charge is 0.488 e.